The van der Waals surface area contributed by atoms with E-state index in [4.69, 9.17) is 25.2 Å². The Balaban J connectivity index is 1.83. The molecule has 2 fully saturated rings. The zero-order chi connectivity index (χ0) is 19.7. The predicted octanol–water partition coefficient (Wildman–Crippen LogP) is 3.10. The Morgan fingerprint density at radius 1 is 1.29 bits per heavy atom. The number of methoxy groups -OCH3 is 1. The molecule has 150 valence electrons. The highest BCUT2D eigenvalue weighted by atomic mass is 32.2. The third-order valence-electron chi connectivity index (χ3n) is 5.42. The van der Waals surface area contributed by atoms with Gasteiger partial charge in [-0.1, -0.05) is 0 Å². The highest BCUT2D eigenvalue weighted by Gasteiger charge is 2.34. The van der Waals surface area contributed by atoms with Gasteiger partial charge in [0.05, 0.1) is 36.8 Å². The van der Waals surface area contributed by atoms with Gasteiger partial charge in [-0.05, 0) is 38.5 Å². The Kier molecular flexibility index (Phi) is 5.33. The summed E-state index contributed by atoms with van der Waals surface area (Å²) in [5.74, 6) is 3.62. The van der Waals surface area contributed by atoms with Crippen molar-refractivity contribution in [3.05, 3.63) is 23.9 Å². The summed E-state index contributed by atoms with van der Waals surface area (Å²) in [4.78, 5) is 16.4. The van der Waals surface area contributed by atoms with Crippen LogP contribution in [0.5, 0.6) is 5.88 Å². The molecule has 0 amide bonds. The molecule has 0 aliphatic carbocycles. The van der Waals surface area contributed by atoms with E-state index in [-0.39, 0.29) is 10.8 Å². The Morgan fingerprint density at radius 2 is 2.14 bits per heavy atom. The van der Waals surface area contributed by atoms with Crippen LogP contribution in [0.15, 0.2) is 18.2 Å². The van der Waals surface area contributed by atoms with Gasteiger partial charge in [0.1, 0.15) is 11.6 Å². The van der Waals surface area contributed by atoms with Crippen molar-refractivity contribution < 1.29 is 9.47 Å². The lowest BCUT2D eigenvalue weighted by atomic mass is 10.0. The van der Waals surface area contributed by atoms with Crippen molar-refractivity contribution in [3.8, 4) is 17.3 Å². The quantitative estimate of drug-likeness (QED) is 0.836. The monoisotopic (exact) mass is 401 g/mol. The van der Waals surface area contributed by atoms with E-state index in [1.54, 1.807) is 13.2 Å². The largest absolute Gasteiger partial charge is 0.481 e. The molecule has 7 nitrogen and oxygen atoms in total. The number of aromatic nitrogens is 3. The van der Waals surface area contributed by atoms with Crippen LogP contribution in [0.2, 0.25) is 0 Å². The number of ether oxygens (including phenoxy) is 2. The Bertz CT molecular complexity index is 856. The SMILES string of the molecule is COc1cc(-c2nc(N3CCOCC3C)cc([C@@]3(C)CCCS3)n2)cc(N)n1. The molecule has 0 spiro atoms. The fourth-order valence-electron chi connectivity index (χ4n) is 3.79. The fourth-order valence-corrected chi connectivity index (χ4v) is 5.07. The number of hydrogen-bond acceptors (Lipinski definition) is 8. The first-order chi connectivity index (χ1) is 13.5. The van der Waals surface area contributed by atoms with E-state index in [2.05, 4.69) is 29.8 Å². The molecular weight excluding hydrogens is 374 g/mol. The smallest absolute Gasteiger partial charge is 0.215 e. The van der Waals surface area contributed by atoms with Crippen LogP contribution in [0.1, 0.15) is 32.4 Å². The Hall–Kier alpha value is -2.06. The fraction of sp³-hybridized carbons (Fsp3) is 0.550. The summed E-state index contributed by atoms with van der Waals surface area (Å²) in [6.45, 7) is 6.69. The maximum atomic E-state index is 5.98. The number of pyridine rings is 1. The molecule has 2 aromatic rings. The molecule has 1 unspecified atom stereocenters. The number of anilines is 2. The maximum absolute atomic E-state index is 5.98. The molecule has 2 N–H and O–H groups in total. The predicted molar refractivity (Wildman–Crippen MR) is 113 cm³/mol. The van der Waals surface area contributed by atoms with Gasteiger partial charge in [0.25, 0.3) is 0 Å². The summed E-state index contributed by atoms with van der Waals surface area (Å²) < 4.78 is 10.9. The summed E-state index contributed by atoms with van der Waals surface area (Å²) in [7, 11) is 1.58. The third kappa shape index (κ3) is 3.75. The molecule has 0 bridgehead atoms. The number of thioether (sulfide) groups is 1. The number of hydrogen-bond donors (Lipinski definition) is 1. The lowest BCUT2D eigenvalue weighted by Crippen LogP contribution is -2.44. The van der Waals surface area contributed by atoms with Gasteiger partial charge in [-0.2, -0.15) is 4.98 Å². The summed E-state index contributed by atoms with van der Waals surface area (Å²) in [5.41, 5.74) is 7.88. The van der Waals surface area contributed by atoms with Gasteiger partial charge in [-0.3, -0.25) is 0 Å². The van der Waals surface area contributed by atoms with E-state index in [0.29, 0.717) is 30.7 Å². The molecule has 2 aliphatic rings. The minimum atomic E-state index is 0.00459. The van der Waals surface area contributed by atoms with Crippen LogP contribution in [0.4, 0.5) is 11.6 Å². The zero-order valence-corrected chi connectivity index (χ0v) is 17.5. The minimum Gasteiger partial charge on any atom is -0.481 e. The van der Waals surface area contributed by atoms with Crippen LogP contribution >= 0.6 is 11.8 Å². The van der Waals surface area contributed by atoms with E-state index < -0.39 is 0 Å². The van der Waals surface area contributed by atoms with Crippen LogP contribution < -0.4 is 15.4 Å². The molecule has 2 saturated heterocycles. The van der Waals surface area contributed by atoms with Crippen LogP contribution in [0, 0.1) is 0 Å². The van der Waals surface area contributed by atoms with Crippen LogP contribution in [-0.4, -0.2) is 53.6 Å². The van der Waals surface area contributed by atoms with Crippen molar-refractivity contribution in [2.75, 3.05) is 43.3 Å². The second-order valence-corrected chi connectivity index (χ2v) is 9.16. The molecule has 2 aliphatic heterocycles. The second-order valence-electron chi connectivity index (χ2n) is 7.56. The van der Waals surface area contributed by atoms with Crippen LogP contribution in [-0.2, 0) is 9.48 Å². The van der Waals surface area contributed by atoms with Crippen molar-refractivity contribution in [2.24, 2.45) is 0 Å². The van der Waals surface area contributed by atoms with Crippen molar-refractivity contribution in [3.63, 3.8) is 0 Å². The summed E-state index contributed by atoms with van der Waals surface area (Å²) in [6, 6.07) is 6.07. The summed E-state index contributed by atoms with van der Waals surface area (Å²) in [6.07, 6.45) is 2.33. The number of morpholine rings is 1. The molecule has 0 aromatic carbocycles. The Morgan fingerprint density at radius 3 is 2.86 bits per heavy atom. The standard InChI is InChI=1S/C20H27N5O2S/c1-13-12-27-7-6-25(13)17-11-15(20(2)5-4-8-28-20)22-19(24-17)14-9-16(21)23-18(10-14)26-3/h9-11,13H,4-8,12H2,1-3H3,(H2,21,23)/t13?,20-/m1/s1. The van der Waals surface area contributed by atoms with Crippen LogP contribution in [0.25, 0.3) is 11.4 Å². The highest BCUT2D eigenvalue weighted by Crippen LogP contribution is 2.46. The van der Waals surface area contributed by atoms with E-state index in [1.165, 1.54) is 6.42 Å². The van der Waals surface area contributed by atoms with Crippen molar-refractivity contribution >= 4 is 23.4 Å². The van der Waals surface area contributed by atoms with Crippen molar-refractivity contribution in [2.45, 2.75) is 37.5 Å². The minimum absolute atomic E-state index is 0.00459. The van der Waals surface area contributed by atoms with Crippen LogP contribution in [0.3, 0.4) is 0 Å². The van der Waals surface area contributed by atoms with E-state index in [1.807, 2.05) is 17.8 Å². The molecule has 4 rings (SSSR count). The average molecular weight is 402 g/mol. The third-order valence-corrected chi connectivity index (χ3v) is 6.97. The molecule has 2 atom stereocenters. The van der Waals surface area contributed by atoms with Gasteiger partial charge < -0.3 is 20.1 Å². The van der Waals surface area contributed by atoms with E-state index >= 15 is 0 Å². The average Bonchev–Trinajstić information content (AvgIpc) is 3.15. The van der Waals surface area contributed by atoms with Crippen molar-refractivity contribution in [1.29, 1.82) is 0 Å². The Labute approximate surface area is 170 Å². The first-order valence-corrected chi connectivity index (χ1v) is 10.7. The zero-order valence-electron chi connectivity index (χ0n) is 16.6. The van der Waals surface area contributed by atoms with Gasteiger partial charge in [-0.25, -0.2) is 9.97 Å². The van der Waals surface area contributed by atoms with Gasteiger partial charge in [0.15, 0.2) is 5.82 Å². The lowest BCUT2D eigenvalue weighted by Gasteiger charge is -2.35. The molecular formula is C20H27N5O2S. The molecule has 28 heavy (non-hydrogen) atoms. The first-order valence-electron chi connectivity index (χ1n) is 9.68. The van der Waals surface area contributed by atoms with Gasteiger partial charge >= 0.3 is 0 Å². The first kappa shape index (κ1) is 19.3. The second kappa shape index (κ2) is 7.75. The number of rotatable bonds is 4. The molecule has 0 radical (unpaired) electrons. The molecule has 4 heterocycles. The maximum Gasteiger partial charge on any atom is 0.215 e. The molecule has 0 saturated carbocycles. The lowest BCUT2D eigenvalue weighted by molar-refractivity contribution is 0.0985. The van der Waals surface area contributed by atoms with Gasteiger partial charge in [0.2, 0.25) is 5.88 Å². The van der Waals surface area contributed by atoms with Gasteiger partial charge in [-0.15, -0.1) is 11.8 Å². The number of nitrogen functional groups attached to an aromatic ring is 1. The summed E-state index contributed by atoms with van der Waals surface area (Å²) in [5, 5.41) is 0. The van der Waals surface area contributed by atoms with Crippen molar-refractivity contribution in [1.82, 2.24) is 15.0 Å². The topological polar surface area (TPSA) is 86.4 Å². The molecule has 2 aromatic heterocycles. The normalized spacial score (nSPS) is 25.1. The summed E-state index contributed by atoms with van der Waals surface area (Å²) >= 11 is 1.97. The highest BCUT2D eigenvalue weighted by molar-refractivity contribution is 8.00. The van der Waals surface area contributed by atoms with E-state index in [0.717, 1.165) is 35.8 Å². The van der Waals surface area contributed by atoms with E-state index in [9.17, 15) is 0 Å². The molecule has 8 heteroatoms. The number of nitrogens with zero attached hydrogens (tertiary/aromatic N) is 4. The number of nitrogens with two attached hydrogens (primary N) is 1. The van der Waals surface area contributed by atoms with Gasteiger partial charge in [0, 0.05) is 24.2 Å².